The minimum Gasteiger partial charge on any atom is -0.0885 e. The van der Waals surface area contributed by atoms with Gasteiger partial charge in [-0.25, -0.2) is 0 Å². The fourth-order valence-electron chi connectivity index (χ4n) is 1.41. The summed E-state index contributed by atoms with van der Waals surface area (Å²) < 4.78 is 7.00. The number of allylic oxidation sites excluding steroid dienone is 2. The largest absolute Gasteiger partial charge is 0.0885 e. The molecule has 0 heterocycles. The number of rotatable bonds is 2. The molecule has 52 valence electrons. The van der Waals surface area contributed by atoms with Gasteiger partial charge in [-0.2, -0.15) is 0 Å². The van der Waals surface area contributed by atoms with Crippen LogP contribution in [-0.4, -0.2) is 0 Å². The van der Waals surface area contributed by atoms with Crippen molar-refractivity contribution in [3.05, 3.63) is 12.2 Å². The van der Waals surface area contributed by atoms with E-state index in [1.165, 1.54) is 25.7 Å². The van der Waals surface area contributed by atoms with Crippen LogP contribution in [0.2, 0.25) is 0 Å². The van der Waals surface area contributed by atoms with Crippen LogP contribution in [0.15, 0.2) is 12.2 Å². The van der Waals surface area contributed by atoms with E-state index in [1.807, 2.05) is 0 Å². The van der Waals surface area contributed by atoms with Gasteiger partial charge in [0, 0.05) is 1.37 Å². The van der Waals surface area contributed by atoms with Crippen LogP contribution in [0.4, 0.5) is 0 Å². The molecule has 0 nitrogen and oxygen atoms in total. The summed E-state index contributed by atoms with van der Waals surface area (Å²) in [4.78, 5) is 0. The van der Waals surface area contributed by atoms with Crippen molar-refractivity contribution in [2.45, 2.75) is 39.0 Å². The van der Waals surface area contributed by atoms with Crippen molar-refractivity contribution in [1.29, 1.82) is 0 Å². The summed E-state index contributed by atoms with van der Waals surface area (Å²) in [6, 6.07) is 0. The maximum Gasteiger partial charge on any atom is 0.0230 e. The maximum absolute atomic E-state index is 7.00. The lowest BCUT2D eigenvalue weighted by atomic mass is 9.91. The first-order valence-corrected chi connectivity index (χ1v) is 3.87. The van der Waals surface area contributed by atoms with E-state index < -0.39 is 0 Å². The van der Waals surface area contributed by atoms with E-state index >= 15 is 0 Å². The van der Waals surface area contributed by atoms with E-state index in [2.05, 4.69) is 12.2 Å². The van der Waals surface area contributed by atoms with Gasteiger partial charge in [-0.15, -0.1) is 0 Å². The van der Waals surface area contributed by atoms with Crippen molar-refractivity contribution in [3.63, 3.8) is 0 Å². The Morgan fingerprint density at radius 2 is 2.67 bits per heavy atom. The highest BCUT2D eigenvalue weighted by Gasteiger charge is 2.06. The Hall–Kier alpha value is -0.260. The normalized spacial score (nSPS) is 28.0. The molecular formula is C9H16. The molecule has 0 heteroatoms. The van der Waals surface area contributed by atoms with Crippen LogP contribution in [0.3, 0.4) is 0 Å². The Balaban J connectivity index is 2.10. The van der Waals surface area contributed by atoms with Crippen molar-refractivity contribution in [1.82, 2.24) is 0 Å². The highest BCUT2D eigenvalue weighted by molar-refractivity contribution is 4.89. The SMILES string of the molecule is [2H]CCCC1CC=CCC1. The molecule has 0 aromatic rings. The minimum atomic E-state index is 0.611. The lowest BCUT2D eigenvalue weighted by Gasteiger charge is -2.15. The van der Waals surface area contributed by atoms with Crippen LogP contribution in [0, 0.1) is 5.92 Å². The average Bonchev–Trinajstić information content (AvgIpc) is 2.03. The predicted molar refractivity (Wildman–Crippen MR) is 41.4 cm³/mol. The van der Waals surface area contributed by atoms with Gasteiger partial charge in [0.05, 0.1) is 0 Å². The number of hydrogen-bond donors (Lipinski definition) is 0. The van der Waals surface area contributed by atoms with Crippen molar-refractivity contribution in [3.8, 4) is 0 Å². The van der Waals surface area contributed by atoms with E-state index in [0.29, 0.717) is 6.90 Å². The molecule has 1 rings (SSSR count). The van der Waals surface area contributed by atoms with E-state index in [4.69, 9.17) is 1.37 Å². The molecule has 0 bridgehead atoms. The fraction of sp³-hybridized carbons (Fsp3) is 0.778. The molecule has 0 aromatic heterocycles. The first-order valence-electron chi connectivity index (χ1n) is 4.58. The highest BCUT2D eigenvalue weighted by atomic mass is 14.1. The van der Waals surface area contributed by atoms with Crippen LogP contribution < -0.4 is 0 Å². The predicted octanol–water partition coefficient (Wildman–Crippen LogP) is 3.14. The van der Waals surface area contributed by atoms with Crippen molar-refractivity contribution in [2.24, 2.45) is 5.92 Å². The monoisotopic (exact) mass is 125 g/mol. The van der Waals surface area contributed by atoms with Crippen LogP contribution in [0.5, 0.6) is 0 Å². The maximum atomic E-state index is 7.00. The molecule has 0 saturated heterocycles. The summed E-state index contributed by atoms with van der Waals surface area (Å²) in [5.74, 6) is 0.898. The van der Waals surface area contributed by atoms with Gasteiger partial charge < -0.3 is 0 Å². The third-order valence-electron chi connectivity index (χ3n) is 1.99. The molecule has 0 amide bonds. The molecule has 0 N–H and O–H groups in total. The first kappa shape index (κ1) is 5.52. The van der Waals surface area contributed by atoms with Crippen molar-refractivity contribution in [2.75, 3.05) is 0 Å². The Bertz CT molecular complexity index is 107. The second-order valence-corrected chi connectivity index (χ2v) is 2.79. The summed E-state index contributed by atoms with van der Waals surface area (Å²) >= 11 is 0. The van der Waals surface area contributed by atoms with Gasteiger partial charge in [0.2, 0.25) is 0 Å². The van der Waals surface area contributed by atoms with E-state index in [0.717, 1.165) is 12.3 Å². The number of hydrogen-bond acceptors (Lipinski definition) is 0. The zero-order valence-corrected chi connectivity index (χ0v) is 5.97. The lowest BCUT2D eigenvalue weighted by molar-refractivity contribution is 0.441. The van der Waals surface area contributed by atoms with Crippen molar-refractivity contribution >= 4 is 0 Å². The molecule has 0 saturated carbocycles. The molecule has 0 aromatic carbocycles. The van der Waals surface area contributed by atoms with Gasteiger partial charge in [0.25, 0.3) is 0 Å². The minimum absolute atomic E-state index is 0.611. The molecule has 1 aliphatic rings. The van der Waals surface area contributed by atoms with Crippen LogP contribution >= 0.6 is 0 Å². The van der Waals surface area contributed by atoms with E-state index in [9.17, 15) is 0 Å². The van der Waals surface area contributed by atoms with E-state index in [-0.39, 0.29) is 0 Å². The molecule has 1 atom stereocenters. The molecule has 0 aliphatic heterocycles. The third kappa shape index (κ3) is 2.21. The standard InChI is InChI=1S/C9H16/c1-2-6-9-7-4-3-5-8-9/h3-4,9H,2,5-8H2,1H3/i1D. The summed E-state index contributed by atoms with van der Waals surface area (Å²) in [5.41, 5.74) is 0. The Morgan fingerprint density at radius 3 is 3.33 bits per heavy atom. The third-order valence-corrected chi connectivity index (χ3v) is 1.99. The zero-order valence-electron chi connectivity index (χ0n) is 6.97. The molecule has 9 heavy (non-hydrogen) atoms. The Kier molecular flexibility index (Phi) is 2.27. The quantitative estimate of drug-likeness (QED) is 0.497. The first-order chi connectivity index (χ1) is 4.93. The molecule has 1 unspecified atom stereocenters. The molecule has 0 spiro atoms. The van der Waals surface area contributed by atoms with Gasteiger partial charge in [-0.3, -0.25) is 0 Å². The fourth-order valence-corrected chi connectivity index (χ4v) is 1.41. The second kappa shape index (κ2) is 3.71. The van der Waals surface area contributed by atoms with Gasteiger partial charge in [0.1, 0.15) is 0 Å². The van der Waals surface area contributed by atoms with Crippen LogP contribution in [0.25, 0.3) is 0 Å². The summed E-state index contributed by atoms with van der Waals surface area (Å²) in [5, 5.41) is 0. The van der Waals surface area contributed by atoms with E-state index in [1.54, 1.807) is 0 Å². The lowest BCUT2D eigenvalue weighted by Crippen LogP contribution is -2.00. The van der Waals surface area contributed by atoms with Gasteiger partial charge in [-0.1, -0.05) is 31.9 Å². The second-order valence-electron chi connectivity index (χ2n) is 2.79. The molecular weight excluding hydrogens is 108 g/mol. The van der Waals surface area contributed by atoms with Gasteiger partial charge >= 0.3 is 0 Å². The average molecular weight is 125 g/mol. The smallest absolute Gasteiger partial charge is 0.0230 e. The summed E-state index contributed by atoms with van der Waals surface area (Å²) in [6.07, 6.45) is 10.8. The van der Waals surface area contributed by atoms with Crippen molar-refractivity contribution < 1.29 is 1.37 Å². The van der Waals surface area contributed by atoms with Crippen LogP contribution in [0.1, 0.15) is 40.4 Å². The van der Waals surface area contributed by atoms with Gasteiger partial charge in [0.15, 0.2) is 0 Å². The summed E-state index contributed by atoms with van der Waals surface area (Å²) in [6.45, 7) is 0.611. The highest BCUT2D eigenvalue weighted by Crippen LogP contribution is 2.22. The van der Waals surface area contributed by atoms with Crippen LogP contribution in [-0.2, 0) is 0 Å². The zero-order chi connectivity index (χ0) is 7.23. The molecule has 0 fully saturated rings. The Morgan fingerprint density at radius 1 is 1.67 bits per heavy atom. The molecule has 1 aliphatic carbocycles. The summed E-state index contributed by atoms with van der Waals surface area (Å²) in [7, 11) is 0. The van der Waals surface area contributed by atoms with Gasteiger partial charge in [-0.05, 0) is 25.2 Å². The Labute approximate surface area is 59.4 Å². The topological polar surface area (TPSA) is 0 Å². The molecule has 0 radical (unpaired) electrons.